The van der Waals surface area contributed by atoms with Crippen LogP contribution in [0.25, 0.3) is 0 Å². The normalized spacial score (nSPS) is 24.3. The summed E-state index contributed by atoms with van der Waals surface area (Å²) in [6.45, 7) is 2.79. The summed E-state index contributed by atoms with van der Waals surface area (Å²) >= 11 is 12.9. The number of alkyl halides is 1. The lowest BCUT2D eigenvalue weighted by molar-refractivity contribution is 0.105. The van der Waals surface area contributed by atoms with Crippen molar-refractivity contribution in [3.63, 3.8) is 0 Å². The molecule has 3 nitrogen and oxygen atoms in total. The van der Waals surface area contributed by atoms with E-state index in [1.165, 1.54) is 0 Å². The highest BCUT2D eigenvalue weighted by Crippen LogP contribution is 2.44. The van der Waals surface area contributed by atoms with Crippen molar-refractivity contribution in [2.24, 2.45) is 5.92 Å². The molecule has 0 aromatic heterocycles. The predicted molar refractivity (Wildman–Crippen MR) is 76.7 cm³/mol. The molecule has 1 aliphatic rings. The topological polar surface area (TPSA) is 27.7 Å². The molecule has 1 aromatic carbocycles. The number of halogens is 2. The first kappa shape index (κ1) is 14.8. The van der Waals surface area contributed by atoms with Crippen molar-refractivity contribution < 1.29 is 14.2 Å². The van der Waals surface area contributed by atoms with Crippen molar-refractivity contribution in [1.29, 1.82) is 0 Å². The first-order valence-corrected chi connectivity index (χ1v) is 7.07. The smallest absolute Gasteiger partial charge is 0.162 e. The summed E-state index contributed by atoms with van der Waals surface area (Å²) in [6.07, 6.45) is 1.09. The average molecular weight is 305 g/mol. The van der Waals surface area contributed by atoms with Crippen molar-refractivity contribution in [3.05, 3.63) is 22.7 Å². The molecule has 0 aliphatic carbocycles. The van der Waals surface area contributed by atoms with Gasteiger partial charge in [-0.15, -0.1) is 11.6 Å². The van der Waals surface area contributed by atoms with E-state index in [1.54, 1.807) is 20.3 Å². The molecular weight excluding hydrogens is 287 g/mol. The van der Waals surface area contributed by atoms with Gasteiger partial charge in [-0.05, 0) is 25.0 Å². The van der Waals surface area contributed by atoms with E-state index < -0.39 is 0 Å². The zero-order valence-electron chi connectivity index (χ0n) is 11.3. The Morgan fingerprint density at radius 2 is 1.89 bits per heavy atom. The Hall–Kier alpha value is -0.640. The Morgan fingerprint density at radius 3 is 2.42 bits per heavy atom. The monoisotopic (exact) mass is 304 g/mol. The Morgan fingerprint density at radius 1 is 1.26 bits per heavy atom. The van der Waals surface area contributed by atoms with E-state index in [9.17, 15) is 0 Å². The molecular formula is C14H18Cl2O3. The summed E-state index contributed by atoms with van der Waals surface area (Å²) < 4.78 is 16.1. The van der Waals surface area contributed by atoms with E-state index in [4.69, 9.17) is 37.4 Å². The van der Waals surface area contributed by atoms with Crippen LogP contribution in [0.2, 0.25) is 5.02 Å². The molecule has 0 saturated carbocycles. The van der Waals surface area contributed by atoms with Gasteiger partial charge in [0.05, 0.1) is 25.7 Å². The maximum absolute atomic E-state index is 6.58. The van der Waals surface area contributed by atoms with Gasteiger partial charge < -0.3 is 14.2 Å². The number of hydrogen-bond acceptors (Lipinski definition) is 3. The number of rotatable bonds is 4. The van der Waals surface area contributed by atoms with Crippen LogP contribution < -0.4 is 9.47 Å². The maximum Gasteiger partial charge on any atom is 0.162 e. The highest BCUT2D eigenvalue weighted by molar-refractivity contribution is 6.33. The summed E-state index contributed by atoms with van der Waals surface area (Å²) in [5, 5.41) is 0.404. The van der Waals surface area contributed by atoms with Crippen LogP contribution in [0.3, 0.4) is 0 Å². The van der Waals surface area contributed by atoms with Gasteiger partial charge >= 0.3 is 0 Å². The fraction of sp³-hybridized carbons (Fsp3) is 0.571. The first-order valence-electron chi connectivity index (χ1n) is 6.25. The standard InChI is InChI=1S/C14H18Cl2O3/c1-8-9(4-5-19-8)14(16)10-6-12(17-2)13(18-3)7-11(10)15/h6-9,14H,4-5H2,1-3H3. The van der Waals surface area contributed by atoms with Crippen molar-refractivity contribution in [3.8, 4) is 11.5 Å². The van der Waals surface area contributed by atoms with Crippen LogP contribution in [-0.2, 0) is 4.74 Å². The largest absolute Gasteiger partial charge is 0.493 e. The second kappa shape index (κ2) is 6.21. The third kappa shape index (κ3) is 2.93. The van der Waals surface area contributed by atoms with Crippen LogP contribution in [0.15, 0.2) is 12.1 Å². The molecule has 1 heterocycles. The van der Waals surface area contributed by atoms with E-state index >= 15 is 0 Å². The summed E-state index contributed by atoms with van der Waals surface area (Å²) in [4.78, 5) is 0. The fourth-order valence-electron chi connectivity index (χ4n) is 2.44. The van der Waals surface area contributed by atoms with Crippen molar-refractivity contribution in [2.45, 2.75) is 24.8 Å². The molecule has 1 aliphatic heterocycles. The highest BCUT2D eigenvalue weighted by Gasteiger charge is 2.33. The van der Waals surface area contributed by atoms with Crippen LogP contribution in [-0.4, -0.2) is 26.9 Å². The zero-order chi connectivity index (χ0) is 14.0. The maximum atomic E-state index is 6.58. The molecule has 0 spiro atoms. The van der Waals surface area contributed by atoms with E-state index in [0.717, 1.165) is 18.6 Å². The molecule has 5 heteroatoms. The first-order chi connectivity index (χ1) is 9.08. The van der Waals surface area contributed by atoms with Crippen molar-refractivity contribution >= 4 is 23.2 Å². The van der Waals surface area contributed by atoms with Gasteiger partial charge in [0.2, 0.25) is 0 Å². The van der Waals surface area contributed by atoms with Gasteiger partial charge in [-0.2, -0.15) is 0 Å². The SMILES string of the molecule is COc1cc(Cl)c(C(Cl)C2CCOC2C)cc1OC. The average Bonchev–Trinajstić information content (AvgIpc) is 2.83. The third-order valence-electron chi connectivity index (χ3n) is 3.61. The number of methoxy groups -OCH3 is 2. The molecule has 3 unspecified atom stereocenters. The lowest BCUT2D eigenvalue weighted by Crippen LogP contribution is -2.17. The molecule has 1 saturated heterocycles. The Kier molecular flexibility index (Phi) is 4.82. The number of benzene rings is 1. The summed E-state index contributed by atoms with van der Waals surface area (Å²) in [5.74, 6) is 1.51. The van der Waals surface area contributed by atoms with Gasteiger partial charge in [0.25, 0.3) is 0 Å². The van der Waals surface area contributed by atoms with Gasteiger partial charge in [-0.3, -0.25) is 0 Å². The molecule has 3 atom stereocenters. The number of hydrogen-bond donors (Lipinski definition) is 0. The van der Waals surface area contributed by atoms with E-state index in [2.05, 4.69) is 0 Å². The lowest BCUT2D eigenvalue weighted by Gasteiger charge is -2.22. The zero-order valence-corrected chi connectivity index (χ0v) is 12.8. The second-order valence-corrected chi connectivity index (χ2v) is 5.54. The minimum absolute atomic E-state index is 0.145. The van der Waals surface area contributed by atoms with Gasteiger partial charge in [0.15, 0.2) is 11.5 Å². The van der Waals surface area contributed by atoms with E-state index in [0.29, 0.717) is 16.5 Å². The summed E-state index contributed by atoms with van der Waals surface area (Å²) in [7, 11) is 3.18. The van der Waals surface area contributed by atoms with Crippen molar-refractivity contribution in [1.82, 2.24) is 0 Å². The molecule has 19 heavy (non-hydrogen) atoms. The highest BCUT2D eigenvalue weighted by atomic mass is 35.5. The lowest BCUT2D eigenvalue weighted by atomic mass is 9.93. The minimum atomic E-state index is -0.190. The summed E-state index contributed by atoms with van der Waals surface area (Å²) in [5.41, 5.74) is 0.864. The van der Waals surface area contributed by atoms with Crippen LogP contribution >= 0.6 is 23.2 Å². The van der Waals surface area contributed by atoms with E-state index in [-0.39, 0.29) is 17.4 Å². The Balaban J connectivity index is 2.33. The molecule has 1 fully saturated rings. The van der Waals surface area contributed by atoms with Crippen molar-refractivity contribution in [2.75, 3.05) is 20.8 Å². The molecule has 0 bridgehead atoms. The minimum Gasteiger partial charge on any atom is -0.493 e. The Bertz CT molecular complexity index is 451. The Labute approximate surface area is 123 Å². The van der Waals surface area contributed by atoms with Crippen LogP contribution in [0.5, 0.6) is 11.5 Å². The van der Waals surface area contributed by atoms with Gasteiger partial charge in [-0.25, -0.2) is 0 Å². The van der Waals surface area contributed by atoms with Gasteiger partial charge in [0.1, 0.15) is 0 Å². The molecule has 0 radical (unpaired) electrons. The molecule has 0 N–H and O–H groups in total. The quantitative estimate of drug-likeness (QED) is 0.785. The van der Waals surface area contributed by atoms with Crippen LogP contribution in [0, 0.1) is 5.92 Å². The van der Waals surface area contributed by atoms with Crippen LogP contribution in [0.4, 0.5) is 0 Å². The third-order valence-corrected chi connectivity index (χ3v) is 4.50. The predicted octanol–water partition coefficient (Wildman–Crippen LogP) is 4.06. The number of ether oxygens (including phenoxy) is 3. The molecule has 1 aromatic rings. The van der Waals surface area contributed by atoms with Gasteiger partial charge in [-0.1, -0.05) is 11.6 Å². The van der Waals surface area contributed by atoms with Gasteiger partial charge in [0, 0.05) is 23.6 Å². The molecule has 2 rings (SSSR count). The molecule has 0 amide bonds. The van der Waals surface area contributed by atoms with Crippen LogP contribution in [0.1, 0.15) is 24.3 Å². The molecule has 106 valence electrons. The summed E-state index contributed by atoms with van der Waals surface area (Å²) in [6, 6.07) is 3.59. The fourth-order valence-corrected chi connectivity index (χ4v) is 3.28. The second-order valence-electron chi connectivity index (χ2n) is 4.66. The van der Waals surface area contributed by atoms with E-state index in [1.807, 2.05) is 13.0 Å².